The molecule has 1 amide bonds. The second kappa shape index (κ2) is 4.99. The first-order valence-corrected chi connectivity index (χ1v) is 6.10. The van der Waals surface area contributed by atoms with Crippen molar-refractivity contribution in [3.63, 3.8) is 0 Å². The molecule has 1 rings (SSSR count). The summed E-state index contributed by atoms with van der Waals surface area (Å²) in [6, 6.07) is 0. The Morgan fingerprint density at radius 2 is 1.94 bits per heavy atom. The monoisotopic (exact) mass is 277 g/mol. The molecule has 0 radical (unpaired) electrons. The fourth-order valence-electron chi connectivity index (χ4n) is 1.47. The van der Waals surface area contributed by atoms with Crippen LogP contribution in [0.4, 0.5) is 22.0 Å². The molecule has 1 unspecified atom stereocenters. The van der Waals surface area contributed by atoms with Gasteiger partial charge in [0.2, 0.25) is 0 Å². The minimum absolute atomic E-state index is 0.0499. The quantitative estimate of drug-likeness (QED) is 0.723. The summed E-state index contributed by atoms with van der Waals surface area (Å²) >= 11 is 1.48. The lowest BCUT2D eigenvalue weighted by molar-refractivity contribution is -0.274. The minimum atomic E-state index is -5.82. The molecule has 8 heteroatoms. The average Bonchev–Trinajstić information content (AvgIpc) is 2.26. The van der Waals surface area contributed by atoms with Crippen molar-refractivity contribution in [3.8, 4) is 0 Å². The van der Waals surface area contributed by atoms with Crippen molar-refractivity contribution in [3.05, 3.63) is 0 Å². The zero-order valence-corrected chi connectivity index (χ0v) is 9.88. The standard InChI is InChI=1S/C9H12F5NOS/c1-2-6-5-15(3-4-17-6)7(16)8(10,11)9(12,13)14/h6H,2-5H2,1H3. The summed E-state index contributed by atoms with van der Waals surface area (Å²) in [5, 5.41) is -0.0725. The first-order chi connectivity index (χ1) is 7.70. The third-order valence-electron chi connectivity index (χ3n) is 2.51. The highest BCUT2D eigenvalue weighted by Crippen LogP contribution is 2.37. The number of alkyl halides is 5. The Balaban J connectivity index is 2.76. The largest absolute Gasteiger partial charge is 0.463 e. The van der Waals surface area contributed by atoms with Crippen LogP contribution in [-0.2, 0) is 4.79 Å². The van der Waals surface area contributed by atoms with Crippen LogP contribution in [0.25, 0.3) is 0 Å². The maximum atomic E-state index is 12.8. The Bertz CT molecular complexity index is 294. The smallest absolute Gasteiger partial charge is 0.335 e. The predicted octanol–water partition coefficient (Wildman–Crippen LogP) is 2.54. The number of hydrogen-bond acceptors (Lipinski definition) is 2. The molecule has 2 nitrogen and oxygen atoms in total. The summed E-state index contributed by atoms with van der Waals surface area (Å²) in [6.45, 7) is 1.69. The maximum absolute atomic E-state index is 12.8. The van der Waals surface area contributed by atoms with Crippen molar-refractivity contribution in [1.29, 1.82) is 0 Å². The van der Waals surface area contributed by atoms with Gasteiger partial charge in [-0.1, -0.05) is 6.92 Å². The van der Waals surface area contributed by atoms with E-state index in [9.17, 15) is 26.7 Å². The van der Waals surface area contributed by atoms with Crippen molar-refractivity contribution in [2.75, 3.05) is 18.8 Å². The molecule has 1 atom stereocenters. The fourth-order valence-corrected chi connectivity index (χ4v) is 2.65. The summed E-state index contributed by atoms with van der Waals surface area (Å²) in [7, 11) is 0. The molecule has 0 spiro atoms. The Kier molecular flexibility index (Phi) is 4.27. The number of halogens is 5. The molecule has 0 aromatic heterocycles. The lowest BCUT2D eigenvalue weighted by atomic mass is 10.2. The highest BCUT2D eigenvalue weighted by Gasteiger charge is 2.64. The lowest BCUT2D eigenvalue weighted by Crippen LogP contribution is -2.55. The molecule has 1 aliphatic heterocycles. The third kappa shape index (κ3) is 3.02. The van der Waals surface area contributed by atoms with Gasteiger partial charge in [0.15, 0.2) is 0 Å². The molecule has 17 heavy (non-hydrogen) atoms. The molecule has 1 aliphatic rings. The summed E-state index contributed by atoms with van der Waals surface area (Å²) in [4.78, 5) is 11.8. The zero-order valence-electron chi connectivity index (χ0n) is 9.06. The first kappa shape index (κ1) is 14.5. The van der Waals surface area contributed by atoms with E-state index in [0.29, 0.717) is 17.1 Å². The van der Waals surface area contributed by atoms with Gasteiger partial charge in [-0.25, -0.2) is 0 Å². The SMILES string of the molecule is CCC1CN(C(=O)C(F)(F)C(F)(F)F)CCS1. The van der Waals surface area contributed by atoms with Crippen LogP contribution in [0, 0.1) is 0 Å². The van der Waals surface area contributed by atoms with Gasteiger partial charge >= 0.3 is 18.0 Å². The summed E-state index contributed by atoms with van der Waals surface area (Å²) in [6.07, 6.45) is -5.19. The molecule has 0 aromatic rings. The molecule has 0 aromatic carbocycles. The number of carbonyl (C=O) groups excluding carboxylic acids is 1. The number of carbonyl (C=O) groups is 1. The van der Waals surface area contributed by atoms with Gasteiger partial charge in [0, 0.05) is 24.1 Å². The Morgan fingerprint density at radius 3 is 2.41 bits per heavy atom. The van der Waals surface area contributed by atoms with Gasteiger partial charge in [-0.05, 0) is 6.42 Å². The van der Waals surface area contributed by atoms with Crippen LogP contribution < -0.4 is 0 Å². The number of rotatable bonds is 2. The molecule has 100 valence electrons. The molecule has 1 heterocycles. The van der Waals surface area contributed by atoms with E-state index < -0.39 is 18.0 Å². The van der Waals surface area contributed by atoms with Gasteiger partial charge in [-0.2, -0.15) is 33.7 Å². The van der Waals surface area contributed by atoms with E-state index >= 15 is 0 Å². The fraction of sp³-hybridized carbons (Fsp3) is 0.889. The molecule has 0 saturated carbocycles. The molecule has 0 bridgehead atoms. The number of amides is 1. The van der Waals surface area contributed by atoms with E-state index in [-0.39, 0.29) is 18.3 Å². The maximum Gasteiger partial charge on any atom is 0.463 e. The lowest BCUT2D eigenvalue weighted by Gasteiger charge is -2.34. The van der Waals surface area contributed by atoms with Crippen LogP contribution in [0.5, 0.6) is 0 Å². The van der Waals surface area contributed by atoms with Crippen LogP contribution in [0.15, 0.2) is 0 Å². The number of hydrogen-bond donors (Lipinski definition) is 0. The van der Waals surface area contributed by atoms with Gasteiger partial charge < -0.3 is 4.90 Å². The van der Waals surface area contributed by atoms with Crippen molar-refractivity contribution in [1.82, 2.24) is 4.90 Å². The van der Waals surface area contributed by atoms with E-state index in [1.54, 1.807) is 6.92 Å². The number of thioether (sulfide) groups is 1. The molecular weight excluding hydrogens is 265 g/mol. The minimum Gasteiger partial charge on any atom is -0.335 e. The summed E-state index contributed by atoms with van der Waals surface area (Å²) in [5.41, 5.74) is 0. The molecule has 1 fully saturated rings. The highest BCUT2D eigenvalue weighted by molar-refractivity contribution is 8.00. The van der Waals surface area contributed by atoms with Gasteiger partial charge in [0.05, 0.1) is 0 Å². The topological polar surface area (TPSA) is 20.3 Å². The average molecular weight is 277 g/mol. The van der Waals surface area contributed by atoms with Crippen LogP contribution >= 0.6 is 11.8 Å². The Labute approximate surface area is 99.5 Å². The normalized spacial score (nSPS) is 22.7. The van der Waals surface area contributed by atoms with Gasteiger partial charge in [-0.3, -0.25) is 4.79 Å². The Morgan fingerprint density at radius 1 is 1.35 bits per heavy atom. The second-order valence-corrected chi connectivity index (χ2v) is 5.13. The third-order valence-corrected chi connectivity index (χ3v) is 3.88. The van der Waals surface area contributed by atoms with Crippen molar-refractivity contribution in [2.45, 2.75) is 30.7 Å². The van der Waals surface area contributed by atoms with E-state index in [1.165, 1.54) is 11.8 Å². The van der Waals surface area contributed by atoms with Crippen molar-refractivity contribution in [2.24, 2.45) is 0 Å². The van der Waals surface area contributed by atoms with Gasteiger partial charge in [-0.15, -0.1) is 0 Å². The molecule has 0 aliphatic carbocycles. The Hall–Kier alpha value is -0.530. The predicted molar refractivity (Wildman–Crippen MR) is 54.1 cm³/mol. The van der Waals surface area contributed by atoms with E-state index in [0.717, 1.165) is 0 Å². The van der Waals surface area contributed by atoms with Gasteiger partial charge in [0.25, 0.3) is 0 Å². The van der Waals surface area contributed by atoms with Crippen LogP contribution in [0.2, 0.25) is 0 Å². The zero-order chi connectivity index (χ0) is 13.3. The van der Waals surface area contributed by atoms with E-state index in [1.807, 2.05) is 0 Å². The summed E-state index contributed by atoms with van der Waals surface area (Å²) in [5.74, 6) is -7.03. The molecule has 1 saturated heterocycles. The first-order valence-electron chi connectivity index (χ1n) is 5.05. The number of nitrogens with zero attached hydrogens (tertiary/aromatic N) is 1. The molecular formula is C9H12F5NOS. The van der Waals surface area contributed by atoms with Crippen molar-refractivity contribution >= 4 is 17.7 Å². The van der Waals surface area contributed by atoms with Crippen molar-refractivity contribution < 1.29 is 26.7 Å². The van der Waals surface area contributed by atoms with Gasteiger partial charge in [0.1, 0.15) is 0 Å². The van der Waals surface area contributed by atoms with E-state index in [4.69, 9.17) is 0 Å². The highest BCUT2D eigenvalue weighted by atomic mass is 32.2. The summed E-state index contributed by atoms with van der Waals surface area (Å²) < 4.78 is 61.7. The second-order valence-electron chi connectivity index (χ2n) is 3.72. The molecule has 0 N–H and O–H groups in total. The van der Waals surface area contributed by atoms with Crippen LogP contribution in [-0.4, -0.2) is 47.0 Å². The van der Waals surface area contributed by atoms with E-state index in [2.05, 4.69) is 0 Å². The van der Waals surface area contributed by atoms with Crippen LogP contribution in [0.3, 0.4) is 0 Å². The van der Waals surface area contributed by atoms with Crippen LogP contribution in [0.1, 0.15) is 13.3 Å².